The summed E-state index contributed by atoms with van der Waals surface area (Å²) >= 11 is 0. The molecule has 1 atom stereocenters. The van der Waals surface area contributed by atoms with E-state index in [-0.39, 0.29) is 5.54 Å². The van der Waals surface area contributed by atoms with Gasteiger partial charge in [0, 0.05) is 6.20 Å². The Kier molecular flexibility index (Phi) is 3.02. The van der Waals surface area contributed by atoms with E-state index >= 15 is 0 Å². The molecule has 0 aromatic carbocycles. The first-order valence-corrected chi connectivity index (χ1v) is 6.82. The molecule has 3 rings (SSSR count). The molecule has 0 saturated heterocycles. The highest BCUT2D eigenvalue weighted by molar-refractivity contribution is 5.56. The Bertz CT molecular complexity index is 780. The van der Waals surface area contributed by atoms with E-state index < -0.39 is 6.10 Å². The highest BCUT2D eigenvalue weighted by atomic mass is 16.3. The smallest absolute Gasteiger partial charge is 0.179 e. The van der Waals surface area contributed by atoms with Crippen molar-refractivity contribution in [2.24, 2.45) is 0 Å². The lowest BCUT2D eigenvalue weighted by atomic mass is 10.1. The van der Waals surface area contributed by atoms with Crippen molar-refractivity contribution in [3.63, 3.8) is 0 Å². The average Bonchev–Trinajstić information content (AvgIpc) is 3.01. The molecule has 3 aromatic rings. The monoisotopic (exact) mass is 286 g/mol. The van der Waals surface area contributed by atoms with Crippen LogP contribution in [0.25, 0.3) is 17.2 Å². The van der Waals surface area contributed by atoms with Gasteiger partial charge in [-0.3, -0.25) is 0 Å². The summed E-state index contributed by atoms with van der Waals surface area (Å²) in [6.07, 6.45) is 2.70. The second-order valence-electron chi connectivity index (χ2n) is 5.99. The maximum atomic E-state index is 9.76. The van der Waals surface area contributed by atoms with Crippen LogP contribution < -0.4 is 0 Å². The van der Waals surface area contributed by atoms with Gasteiger partial charge in [-0.15, -0.1) is 0 Å². The number of rotatable bonds is 2. The van der Waals surface area contributed by atoms with Crippen molar-refractivity contribution in [2.75, 3.05) is 0 Å². The van der Waals surface area contributed by atoms with Crippen LogP contribution in [0.5, 0.6) is 0 Å². The van der Waals surface area contributed by atoms with Crippen molar-refractivity contribution < 1.29 is 5.11 Å². The van der Waals surface area contributed by atoms with Gasteiger partial charge in [-0.05, 0) is 39.8 Å². The van der Waals surface area contributed by atoms with Crippen LogP contribution in [0.1, 0.15) is 39.6 Å². The molecule has 0 amide bonds. The van der Waals surface area contributed by atoms with E-state index in [1.165, 1.54) is 0 Å². The third kappa shape index (κ3) is 2.29. The van der Waals surface area contributed by atoms with E-state index in [0.717, 1.165) is 11.3 Å². The quantitative estimate of drug-likeness (QED) is 0.777. The van der Waals surface area contributed by atoms with Crippen LogP contribution in [-0.4, -0.2) is 34.5 Å². The number of nitrogens with zero attached hydrogens (tertiary/aromatic N) is 6. The van der Waals surface area contributed by atoms with Crippen molar-refractivity contribution in [1.29, 1.82) is 0 Å². The zero-order valence-electron chi connectivity index (χ0n) is 12.5. The minimum Gasteiger partial charge on any atom is -0.385 e. The highest BCUT2D eigenvalue weighted by Gasteiger charge is 2.25. The molecular weight excluding hydrogens is 268 g/mol. The molecule has 0 bridgehead atoms. The zero-order chi connectivity index (χ0) is 15.2. The molecular formula is C14H18N6O. The number of hydrogen-bond donors (Lipinski definition) is 1. The fraction of sp³-hybridized carbons (Fsp3) is 0.429. The SMILES string of the molecule is CC(O)c1nc(-c2cnc3cccnn23)n(C(C)(C)C)n1. The lowest BCUT2D eigenvalue weighted by molar-refractivity contribution is 0.187. The fourth-order valence-corrected chi connectivity index (χ4v) is 2.12. The molecule has 1 unspecified atom stereocenters. The highest BCUT2D eigenvalue weighted by Crippen LogP contribution is 2.25. The molecule has 0 aliphatic heterocycles. The molecule has 110 valence electrons. The normalized spacial score (nSPS) is 13.8. The van der Waals surface area contributed by atoms with Crippen LogP contribution in [-0.2, 0) is 5.54 Å². The van der Waals surface area contributed by atoms with Crippen molar-refractivity contribution in [1.82, 2.24) is 29.4 Å². The lowest BCUT2D eigenvalue weighted by Crippen LogP contribution is -2.24. The van der Waals surface area contributed by atoms with Crippen molar-refractivity contribution in [2.45, 2.75) is 39.3 Å². The summed E-state index contributed by atoms with van der Waals surface area (Å²) in [7, 11) is 0. The van der Waals surface area contributed by atoms with Gasteiger partial charge in [0.2, 0.25) is 0 Å². The van der Waals surface area contributed by atoms with Crippen LogP contribution in [0.2, 0.25) is 0 Å². The van der Waals surface area contributed by atoms with Gasteiger partial charge in [0.25, 0.3) is 0 Å². The van der Waals surface area contributed by atoms with Crippen molar-refractivity contribution in [3.8, 4) is 11.5 Å². The summed E-state index contributed by atoms with van der Waals surface area (Å²) < 4.78 is 3.52. The number of aliphatic hydroxyl groups excluding tert-OH is 1. The average molecular weight is 286 g/mol. The molecule has 0 fully saturated rings. The first-order chi connectivity index (χ1) is 9.88. The van der Waals surface area contributed by atoms with Gasteiger partial charge < -0.3 is 5.11 Å². The molecule has 1 N–H and O–H groups in total. The molecule has 7 nitrogen and oxygen atoms in total. The number of aliphatic hydroxyl groups is 1. The van der Waals surface area contributed by atoms with Gasteiger partial charge >= 0.3 is 0 Å². The van der Waals surface area contributed by atoms with E-state index in [0.29, 0.717) is 11.6 Å². The predicted molar refractivity (Wildman–Crippen MR) is 77.6 cm³/mol. The summed E-state index contributed by atoms with van der Waals surface area (Å²) in [6, 6.07) is 3.71. The van der Waals surface area contributed by atoms with E-state index in [4.69, 9.17) is 0 Å². The maximum absolute atomic E-state index is 9.76. The first kappa shape index (κ1) is 13.7. The summed E-state index contributed by atoms with van der Waals surface area (Å²) in [6.45, 7) is 7.76. The van der Waals surface area contributed by atoms with Gasteiger partial charge in [0.15, 0.2) is 17.3 Å². The number of aromatic nitrogens is 6. The van der Waals surface area contributed by atoms with Crippen molar-refractivity contribution in [3.05, 3.63) is 30.4 Å². The van der Waals surface area contributed by atoms with E-state index in [1.54, 1.807) is 28.5 Å². The number of hydrogen-bond acceptors (Lipinski definition) is 5. The standard InChI is InChI=1S/C14H18N6O/c1-9(21)12-17-13(20(18-12)14(2,3)4)10-8-15-11-6-5-7-16-19(10)11/h5-9,21H,1-4H3. The van der Waals surface area contributed by atoms with Crippen LogP contribution >= 0.6 is 0 Å². The van der Waals surface area contributed by atoms with Crippen LogP contribution in [0.15, 0.2) is 24.5 Å². The summed E-state index contributed by atoms with van der Waals surface area (Å²) in [5.74, 6) is 1.04. The molecule has 0 aliphatic carbocycles. The molecule has 0 spiro atoms. The molecule has 0 aliphatic rings. The van der Waals surface area contributed by atoms with Gasteiger partial charge in [-0.25, -0.2) is 19.2 Å². The maximum Gasteiger partial charge on any atom is 0.179 e. The molecule has 0 radical (unpaired) electrons. The second kappa shape index (κ2) is 4.63. The van der Waals surface area contributed by atoms with Crippen LogP contribution in [0.4, 0.5) is 0 Å². The lowest BCUT2D eigenvalue weighted by Gasteiger charge is -2.20. The summed E-state index contributed by atoms with van der Waals surface area (Å²) in [5, 5.41) is 18.5. The van der Waals surface area contributed by atoms with Gasteiger partial charge in [-0.2, -0.15) is 10.2 Å². The Labute approximate surface area is 122 Å². The third-order valence-corrected chi connectivity index (χ3v) is 3.14. The third-order valence-electron chi connectivity index (χ3n) is 3.14. The number of fused-ring (bicyclic) bond motifs is 1. The summed E-state index contributed by atoms with van der Waals surface area (Å²) in [5.41, 5.74) is 1.23. The second-order valence-corrected chi connectivity index (χ2v) is 5.99. The van der Waals surface area contributed by atoms with E-state index in [9.17, 15) is 5.11 Å². The Morgan fingerprint density at radius 3 is 2.71 bits per heavy atom. The molecule has 3 heterocycles. The number of imidazole rings is 1. The van der Waals surface area contributed by atoms with Gasteiger partial charge in [-0.1, -0.05) is 0 Å². The Morgan fingerprint density at radius 2 is 2.05 bits per heavy atom. The van der Waals surface area contributed by atoms with Gasteiger partial charge in [0.05, 0.1) is 11.7 Å². The molecule has 7 heteroatoms. The first-order valence-electron chi connectivity index (χ1n) is 6.82. The zero-order valence-corrected chi connectivity index (χ0v) is 12.5. The van der Waals surface area contributed by atoms with Crippen LogP contribution in [0.3, 0.4) is 0 Å². The topological polar surface area (TPSA) is 81.1 Å². The summed E-state index contributed by atoms with van der Waals surface area (Å²) in [4.78, 5) is 8.80. The van der Waals surface area contributed by atoms with E-state index in [1.807, 2.05) is 32.9 Å². The minimum atomic E-state index is -0.723. The predicted octanol–water partition coefficient (Wildman–Crippen LogP) is 1.80. The van der Waals surface area contributed by atoms with Gasteiger partial charge in [0.1, 0.15) is 11.8 Å². The Balaban J connectivity index is 2.26. The Morgan fingerprint density at radius 1 is 1.29 bits per heavy atom. The molecule has 21 heavy (non-hydrogen) atoms. The largest absolute Gasteiger partial charge is 0.385 e. The minimum absolute atomic E-state index is 0.269. The van der Waals surface area contributed by atoms with E-state index in [2.05, 4.69) is 20.2 Å². The van der Waals surface area contributed by atoms with Crippen LogP contribution in [0, 0.1) is 0 Å². The Hall–Kier alpha value is -2.28. The molecule has 0 saturated carbocycles. The van der Waals surface area contributed by atoms with Crippen molar-refractivity contribution >= 4 is 5.65 Å². The molecule has 3 aromatic heterocycles. The fourth-order valence-electron chi connectivity index (χ4n) is 2.12.